The average molecular weight is 543 g/mol. The average Bonchev–Trinajstić information content (AvgIpc) is 3.45. The monoisotopic (exact) mass is 542 g/mol. The molecule has 2 amide bonds. The number of fused-ring (bicyclic) bond motifs is 1. The number of amides is 2. The van der Waals surface area contributed by atoms with Crippen molar-refractivity contribution < 1.29 is 14.3 Å². The number of piperidine rings is 1. The van der Waals surface area contributed by atoms with E-state index in [0.29, 0.717) is 55.6 Å². The van der Waals surface area contributed by atoms with E-state index in [1.807, 2.05) is 61.2 Å². The van der Waals surface area contributed by atoms with Crippen LogP contribution in [-0.2, 0) is 15.1 Å². The Morgan fingerprint density at radius 2 is 1.75 bits per heavy atom. The first kappa shape index (κ1) is 28.8. The quantitative estimate of drug-likeness (QED) is 0.205. The molecule has 0 unspecified atom stereocenters. The van der Waals surface area contributed by atoms with Crippen LogP contribution in [0, 0.1) is 6.92 Å². The van der Waals surface area contributed by atoms with E-state index in [-0.39, 0.29) is 5.91 Å². The molecule has 0 saturated carbocycles. The number of benzene rings is 2. The van der Waals surface area contributed by atoms with Gasteiger partial charge in [-0.15, -0.1) is 0 Å². The normalized spacial score (nSPS) is 14.2. The van der Waals surface area contributed by atoms with E-state index in [2.05, 4.69) is 34.7 Å². The Morgan fingerprint density at radius 3 is 2.42 bits per heavy atom. The number of nitrogens with zero attached hydrogens (tertiary/aromatic N) is 3. The van der Waals surface area contributed by atoms with Crippen molar-refractivity contribution in [2.24, 2.45) is 0 Å². The van der Waals surface area contributed by atoms with E-state index < -0.39 is 5.60 Å². The van der Waals surface area contributed by atoms with Gasteiger partial charge >= 0.3 is 0 Å². The van der Waals surface area contributed by atoms with Crippen molar-refractivity contribution in [2.75, 3.05) is 38.6 Å². The second-order valence-corrected chi connectivity index (χ2v) is 9.51. The number of carbonyl (C=O) groups is 2. The summed E-state index contributed by atoms with van der Waals surface area (Å²) in [5.74, 6) is 1.08. The van der Waals surface area contributed by atoms with E-state index >= 15 is 0 Å². The molecule has 1 saturated heterocycles. The number of nitrogens with one attached hydrogen (secondary N) is 3. The predicted molar refractivity (Wildman–Crippen MR) is 158 cm³/mol. The Hall–Kier alpha value is -4.24. The van der Waals surface area contributed by atoms with E-state index in [1.165, 1.54) is 11.1 Å². The van der Waals surface area contributed by atoms with Crippen LogP contribution >= 0.6 is 0 Å². The van der Waals surface area contributed by atoms with Crippen LogP contribution in [-0.4, -0.2) is 65.5 Å². The standard InChI is InChI=1S/C29H32N6O3.C2H6/c1-20-8-6-7-11-23(20)29(38-2)12-16-35(17-13-29)28(37)24-18-22-26(31-15-14-30-19-36)33-25(34-27(22)32-24)21-9-4-3-5-10-21;1-2/h3-11,18-19H,12-17H2,1-2H3,(H,30,36)(H2,31,32,33,34);1-2H3. The summed E-state index contributed by atoms with van der Waals surface area (Å²) in [6, 6.07) is 19.8. The zero-order valence-corrected chi connectivity index (χ0v) is 23.7. The Balaban J connectivity index is 0.00000181. The summed E-state index contributed by atoms with van der Waals surface area (Å²) < 4.78 is 6.05. The van der Waals surface area contributed by atoms with Crippen LogP contribution < -0.4 is 10.6 Å². The number of hydrogen-bond acceptors (Lipinski definition) is 6. The van der Waals surface area contributed by atoms with Crippen LogP contribution in [0.25, 0.3) is 22.4 Å². The van der Waals surface area contributed by atoms with Crippen LogP contribution in [0.4, 0.5) is 5.82 Å². The minimum Gasteiger partial charge on any atom is -0.373 e. The minimum absolute atomic E-state index is 0.0766. The molecule has 210 valence electrons. The topological polar surface area (TPSA) is 112 Å². The molecule has 40 heavy (non-hydrogen) atoms. The van der Waals surface area contributed by atoms with Gasteiger partial charge in [0, 0.05) is 38.9 Å². The number of methoxy groups -OCH3 is 1. The molecule has 0 atom stereocenters. The third kappa shape index (κ3) is 5.99. The van der Waals surface area contributed by atoms with Crippen LogP contribution in [0.5, 0.6) is 0 Å². The van der Waals surface area contributed by atoms with Crippen molar-refractivity contribution in [1.29, 1.82) is 0 Å². The summed E-state index contributed by atoms with van der Waals surface area (Å²) in [4.78, 5) is 38.8. The van der Waals surface area contributed by atoms with E-state index in [4.69, 9.17) is 14.7 Å². The number of rotatable bonds is 9. The Morgan fingerprint density at radius 1 is 1.05 bits per heavy atom. The molecule has 1 aliphatic heterocycles. The van der Waals surface area contributed by atoms with Crippen molar-refractivity contribution >= 4 is 29.2 Å². The number of ether oxygens (including phenoxy) is 1. The lowest BCUT2D eigenvalue weighted by molar-refractivity contribution is -0.109. The molecule has 1 fully saturated rings. The van der Waals surface area contributed by atoms with E-state index in [0.717, 1.165) is 23.8 Å². The van der Waals surface area contributed by atoms with Crippen LogP contribution in [0.15, 0.2) is 60.7 Å². The van der Waals surface area contributed by atoms with Crippen molar-refractivity contribution in [2.45, 2.75) is 39.2 Å². The second-order valence-electron chi connectivity index (χ2n) is 9.51. The predicted octanol–water partition coefficient (Wildman–Crippen LogP) is 4.90. The first-order valence-corrected chi connectivity index (χ1v) is 13.8. The van der Waals surface area contributed by atoms with Crippen LogP contribution in [0.3, 0.4) is 0 Å². The number of aromatic amines is 1. The minimum atomic E-state index is -0.398. The van der Waals surface area contributed by atoms with Crippen molar-refractivity contribution in [3.8, 4) is 11.4 Å². The largest absolute Gasteiger partial charge is 0.373 e. The number of aryl methyl sites for hydroxylation is 1. The fraction of sp³-hybridized carbons (Fsp3) is 0.355. The van der Waals surface area contributed by atoms with Gasteiger partial charge in [0.15, 0.2) is 5.82 Å². The van der Waals surface area contributed by atoms with Gasteiger partial charge in [0.2, 0.25) is 6.41 Å². The van der Waals surface area contributed by atoms with Gasteiger partial charge in [-0.05, 0) is 37.0 Å². The van der Waals surface area contributed by atoms with Gasteiger partial charge in [-0.3, -0.25) is 9.59 Å². The fourth-order valence-corrected chi connectivity index (χ4v) is 5.20. The van der Waals surface area contributed by atoms with Gasteiger partial charge in [-0.1, -0.05) is 68.4 Å². The van der Waals surface area contributed by atoms with Crippen molar-refractivity contribution in [3.63, 3.8) is 0 Å². The highest BCUT2D eigenvalue weighted by Crippen LogP contribution is 2.38. The maximum Gasteiger partial charge on any atom is 0.270 e. The Bertz CT molecular complexity index is 1430. The molecular formula is C31H38N6O3. The Labute approximate surface area is 235 Å². The van der Waals surface area contributed by atoms with Crippen LogP contribution in [0.1, 0.15) is 48.3 Å². The molecule has 9 nitrogen and oxygen atoms in total. The van der Waals surface area contributed by atoms with E-state index in [1.54, 1.807) is 13.2 Å². The smallest absolute Gasteiger partial charge is 0.270 e. The molecular weight excluding hydrogens is 504 g/mol. The van der Waals surface area contributed by atoms with Gasteiger partial charge in [-0.25, -0.2) is 9.97 Å². The van der Waals surface area contributed by atoms with Gasteiger partial charge in [0.25, 0.3) is 5.91 Å². The molecule has 2 aromatic heterocycles. The molecule has 0 radical (unpaired) electrons. The first-order chi connectivity index (χ1) is 19.5. The van der Waals surface area contributed by atoms with Crippen molar-refractivity contribution in [1.82, 2.24) is 25.2 Å². The third-order valence-corrected chi connectivity index (χ3v) is 7.28. The zero-order chi connectivity index (χ0) is 28.5. The molecule has 3 heterocycles. The maximum atomic E-state index is 13.6. The number of carbonyl (C=O) groups excluding carboxylic acids is 2. The summed E-state index contributed by atoms with van der Waals surface area (Å²) in [5.41, 5.74) is 3.90. The lowest BCUT2D eigenvalue weighted by Crippen LogP contribution is -2.46. The highest BCUT2D eigenvalue weighted by Gasteiger charge is 2.38. The number of likely N-dealkylation sites (tertiary alicyclic amines) is 1. The lowest BCUT2D eigenvalue weighted by atomic mass is 9.82. The summed E-state index contributed by atoms with van der Waals surface area (Å²) in [6.45, 7) is 8.20. The molecule has 3 N–H and O–H groups in total. The van der Waals surface area contributed by atoms with Crippen LogP contribution in [0.2, 0.25) is 0 Å². The van der Waals surface area contributed by atoms with Gasteiger partial charge in [0.1, 0.15) is 17.2 Å². The SMILES string of the molecule is CC.COC1(c2ccccc2C)CCN(C(=O)c2cc3c(NCCNC=O)nc(-c4ccccc4)nc3[nH]2)CC1. The van der Waals surface area contributed by atoms with Gasteiger partial charge in [0.05, 0.1) is 11.0 Å². The van der Waals surface area contributed by atoms with E-state index in [9.17, 15) is 9.59 Å². The lowest BCUT2D eigenvalue weighted by Gasteiger charge is -2.41. The molecule has 1 aliphatic rings. The maximum absolute atomic E-state index is 13.6. The molecule has 2 aromatic carbocycles. The zero-order valence-electron chi connectivity index (χ0n) is 23.7. The molecule has 9 heteroatoms. The summed E-state index contributed by atoms with van der Waals surface area (Å²) in [7, 11) is 1.75. The first-order valence-electron chi connectivity index (χ1n) is 13.8. The van der Waals surface area contributed by atoms with Gasteiger partial charge in [-0.2, -0.15) is 0 Å². The summed E-state index contributed by atoms with van der Waals surface area (Å²) in [6.07, 6.45) is 2.10. The molecule has 0 aliphatic carbocycles. The number of anilines is 1. The summed E-state index contributed by atoms with van der Waals surface area (Å²) >= 11 is 0. The van der Waals surface area contributed by atoms with Gasteiger partial charge < -0.3 is 25.3 Å². The number of hydrogen-bond donors (Lipinski definition) is 3. The molecule has 0 bridgehead atoms. The summed E-state index contributed by atoms with van der Waals surface area (Å²) in [5, 5.41) is 6.64. The molecule has 4 aromatic rings. The molecule has 0 spiro atoms. The number of H-pyrrole nitrogens is 1. The second kappa shape index (κ2) is 13.2. The number of aromatic nitrogens is 3. The highest BCUT2D eigenvalue weighted by atomic mass is 16.5. The third-order valence-electron chi connectivity index (χ3n) is 7.28. The Kier molecular flexibility index (Phi) is 9.50. The molecule has 5 rings (SSSR count). The van der Waals surface area contributed by atoms with Crippen molar-refractivity contribution in [3.05, 3.63) is 77.5 Å². The fourth-order valence-electron chi connectivity index (χ4n) is 5.20. The highest BCUT2D eigenvalue weighted by molar-refractivity contribution is 6.00.